The monoisotopic (exact) mass is 255 g/mol. The van der Waals surface area contributed by atoms with Crippen LogP contribution in [-0.4, -0.2) is 9.97 Å². The van der Waals surface area contributed by atoms with Crippen LogP contribution in [0, 0.1) is 0 Å². The zero-order chi connectivity index (χ0) is 13.3. The molecule has 2 aromatic rings. The fourth-order valence-electron chi connectivity index (χ4n) is 2.69. The van der Waals surface area contributed by atoms with Gasteiger partial charge in [0.25, 0.3) is 5.56 Å². The van der Waals surface area contributed by atoms with Crippen LogP contribution >= 0.6 is 0 Å². The smallest absolute Gasteiger partial charge is 0.251 e. The lowest BCUT2D eigenvalue weighted by Crippen LogP contribution is -2.37. The summed E-state index contributed by atoms with van der Waals surface area (Å²) in [4.78, 5) is 19.2. The number of aromatic nitrogens is 2. The van der Waals surface area contributed by atoms with E-state index in [2.05, 4.69) is 9.97 Å². The third-order valence-electron chi connectivity index (χ3n) is 3.78. The molecule has 0 atom stereocenters. The standard InChI is InChI=1S/C15H17N3O/c16-15(8-4-5-9-15)14-17-12(10-13(19)18-14)11-6-2-1-3-7-11/h1-3,6-7,10H,4-5,8-9,16H2,(H,17,18,19). The molecule has 0 aliphatic heterocycles. The number of benzene rings is 1. The van der Waals surface area contributed by atoms with Gasteiger partial charge in [-0.25, -0.2) is 4.98 Å². The molecule has 4 heteroatoms. The number of hydrogen-bond donors (Lipinski definition) is 2. The van der Waals surface area contributed by atoms with E-state index < -0.39 is 5.54 Å². The van der Waals surface area contributed by atoms with Gasteiger partial charge in [-0.15, -0.1) is 0 Å². The van der Waals surface area contributed by atoms with Gasteiger partial charge in [-0.2, -0.15) is 0 Å². The van der Waals surface area contributed by atoms with Crippen LogP contribution in [0.2, 0.25) is 0 Å². The molecule has 4 nitrogen and oxygen atoms in total. The molecule has 19 heavy (non-hydrogen) atoms. The van der Waals surface area contributed by atoms with Gasteiger partial charge in [0, 0.05) is 11.6 Å². The van der Waals surface area contributed by atoms with E-state index in [4.69, 9.17) is 5.73 Å². The largest absolute Gasteiger partial charge is 0.319 e. The maximum atomic E-state index is 11.8. The van der Waals surface area contributed by atoms with Gasteiger partial charge in [0.1, 0.15) is 5.82 Å². The average Bonchev–Trinajstić information content (AvgIpc) is 2.87. The highest BCUT2D eigenvalue weighted by atomic mass is 16.1. The number of rotatable bonds is 2. The Balaban J connectivity index is 2.09. The van der Waals surface area contributed by atoms with Crippen molar-refractivity contribution in [2.75, 3.05) is 0 Å². The first kappa shape index (κ1) is 12.1. The van der Waals surface area contributed by atoms with Crippen molar-refractivity contribution in [3.8, 4) is 11.3 Å². The summed E-state index contributed by atoms with van der Waals surface area (Å²) in [7, 11) is 0. The lowest BCUT2D eigenvalue weighted by atomic mass is 9.98. The average molecular weight is 255 g/mol. The minimum Gasteiger partial charge on any atom is -0.319 e. The van der Waals surface area contributed by atoms with Crippen molar-refractivity contribution in [1.82, 2.24) is 9.97 Å². The molecular formula is C15H17N3O. The van der Waals surface area contributed by atoms with Crippen LogP contribution in [0.3, 0.4) is 0 Å². The first-order valence-electron chi connectivity index (χ1n) is 6.64. The minimum atomic E-state index is -0.468. The second-order valence-electron chi connectivity index (χ2n) is 5.21. The zero-order valence-electron chi connectivity index (χ0n) is 10.7. The summed E-state index contributed by atoms with van der Waals surface area (Å²) < 4.78 is 0. The van der Waals surface area contributed by atoms with Gasteiger partial charge in [0.05, 0.1) is 11.2 Å². The SMILES string of the molecule is NC1(c2nc(-c3ccccc3)cc(=O)[nH]2)CCCC1. The highest BCUT2D eigenvalue weighted by molar-refractivity contribution is 5.58. The third-order valence-corrected chi connectivity index (χ3v) is 3.78. The molecule has 1 fully saturated rings. The van der Waals surface area contributed by atoms with Crippen molar-refractivity contribution in [1.29, 1.82) is 0 Å². The summed E-state index contributed by atoms with van der Waals surface area (Å²) in [6.07, 6.45) is 3.95. The Morgan fingerprint density at radius 1 is 1.16 bits per heavy atom. The molecule has 0 amide bonds. The minimum absolute atomic E-state index is 0.138. The van der Waals surface area contributed by atoms with E-state index in [-0.39, 0.29) is 5.56 Å². The summed E-state index contributed by atoms with van der Waals surface area (Å²) >= 11 is 0. The number of nitrogens with two attached hydrogens (primary N) is 1. The Labute approximate surface area is 111 Å². The molecule has 1 aromatic carbocycles. The Kier molecular flexibility index (Phi) is 2.95. The van der Waals surface area contributed by atoms with Crippen molar-refractivity contribution in [3.05, 3.63) is 52.6 Å². The van der Waals surface area contributed by atoms with Crippen molar-refractivity contribution < 1.29 is 0 Å². The number of aromatic amines is 1. The number of H-pyrrole nitrogens is 1. The van der Waals surface area contributed by atoms with Crippen LogP contribution in [-0.2, 0) is 5.54 Å². The van der Waals surface area contributed by atoms with Crippen molar-refractivity contribution in [2.24, 2.45) is 5.73 Å². The summed E-state index contributed by atoms with van der Waals surface area (Å²) in [5.74, 6) is 0.622. The second kappa shape index (κ2) is 4.63. The lowest BCUT2D eigenvalue weighted by Gasteiger charge is -2.22. The van der Waals surface area contributed by atoms with E-state index in [0.29, 0.717) is 11.5 Å². The maximum Gasteiger partial charge on any atom is 0.251 e. The first-order chi connectivity index (χ1) is 9.17. The first-order valence-corrected chi connectivity index (χ1v) is 6.64. The van der Waals surface area contributed by atoms with E-state index in [9.17, 15) is 4.79 Å². The lowest BCUT2D eigenvalue weighted by molar-refractivity contribution is 0.430. The van der Waals surface area contributed by atoms with Crippen molar-refractivity contribution in [3.63, 3.8) is 0 Å². The molecule has 3 rings (SSSR count). The molecule has 98 valence electrons. The van der Waals surface area contributed by atoms with Crippen LogP contribution < -0.4 is 11.3 Å². The maximum absolute atomic E-state index is 11.8. The van der Waals surface area contributed by atoms with Gasteiger partial charge >= 0.3 is 0 Å². The zero-order valence-corrected chi connectivity index (χ0v) is 10.7. The molecule has 1 aliphatic rings. The van der Waals surface area contributed by atoms with Crippen LogP contribution in [0.4, 0.5) is 0 Å². The fraction of sp³-hybridized carbons (Fsp3) is 0.333. The van der Waals surface area contributed by atoms with E-state index >= 15 is 0 Å². The van der Waals surface area contributed by atoms with Gasteiger partial charge < -0.3 is 10.7 Å². The highest BCUT2D eigenvalue weighted by Gasteiger charge is 2.33. The summed E-state index contributed by atoms with van der Waals surface area (Å²) in [5, 5.41) is 0. The molecule has 0 bridgehead atoms. The van der Waals surface area contributed by atoms with Gasteiger partial charge in [0.15, 0.2) is 0 Å². The van der Waals surface area contributed by atoms with Gasteiger partial charge in [-0.3, -0.25) is 4.79 Å². The molecule has 1 aliphatic carbocycles. The molecule has 0 saturated heterocycles. The Bertz CT molecular complexity index is 627. The van der Waals surface area contributed by atoms with E-state index in [1.807, 2.05) is 30.3 Å². The van der Waals surface area contributed by atoms with Gasteiger partial charge in [0.2, 0.25) is 0 Å². The summed E-state index contributed by atoms with van der Waals surface area (Å²) in [6, 6.07) is 11.2. The predicted octanol–water partition coefficient (Wildman–Crippen LogP) is 2.16. The van der Waals surface area contributed by atoms with E-state index in [1.54, 1.807) is 0 Å². The van der Waals surface area contributed by atoms with E-state index in [1.165, 1.54) is 6.07 Å². The Hall–Kier alpha value is -1.94. The van der Waals surface area contributed by atoms with Crippen molar-refractivity contribution >= 4 is 0 Å². The summed E-state index contributed by atoms with van der Waals surface area (Å²) in [6.45, 7) is 0. The van der Waals surface area contributed by atoms with Crippen LogP contribution in [0.5, 0.6) is 0 Å². The number of hydrogen-bond acceptors (Lipinski definition) is 3. The van der Waals surface area contributed by atoms with Gasteiger partial charge in [-0.05, 0) is 12.8 Å². The molecule has 1 aromatic heterocycles. The Morgan fingerprint density at radius 3 is 2.53 bits per heavy atom. The molecule has 0 radical (unpaired) electrons. The second-order valence-corrected chi connectivity index (χ2v) is 5.21. The van der Waals surface area contributed by atoms with E-state index in [0.717, 1.165) is 31.2 Å². The van der Waals surface area contributed by atoms with Crippen LogP contribution in [0.25, 0.3) is 11.3 Å². The molecule has 0 spiro atoms. The molecule has 0 unspecified atom stereocenters. The number of nitrogens with one attached hydrogen (secondary N) is 1. The van der Waals surface area contributed by atoms with Crippen molar-refractivity contribution in [2.45, 2.75) is 31.2 Å². The molecule has 1 saturated carbocycles. The molecular weight excluding hydrogens is 238 g/mol. The van der Waals surface area contributed by atoms with Gasteiger partial charge in [-0.1, -0.05) is 43.2 Å². The third kappa shape index (κ3) is 2.31. The molecule has 1 heterocycles. The predicted molar refractivity (Wildman–Crippen MR) is 74.6 cm³/mol. The van der Waals surface area contributed by atoms with Crippen LogP contribution in [0.15, 0.2) is 41.2 Å². The quantitative estimate of drug-likeness (QED) is 0.863. The fourth-order valence-corrected chi connectivity index (χ4v) is 2.69. The highest BCUT2D eigenvalue weighted by Crippen LogP contribution is 2.34. The topological polar surface area (TPSA) is 71.8 Å². The number of nitrogens with zero attached hydrogens (tertiary/aromatic N) is 1. The normalized spacial score (nSPS) is 17.5. The van der Waals surface area contributed by atoms with Crippen LogP contribution in [0.1, 0.15) is 31.5 Å². The molecule has 3 N–H and O–H groups in total. The summed E-state index contributed by atoms with van der Waals surface area (Å²) in [5.41, 5.74) is 7.39. The Morgan fingerprint density at radius 2 is 1.84 bits per heavy atom.